The predicted molar refractivity (Wildman–Crippen MR) is 66.5 cm³/mol. The molecule has 0 unspecified atom stereocenters. The van der Waals surface area contributed by atoms with E-state index in [0.717, 1.165) is 25.1 Å². The Hall–Kier alpha value is -1.77. The second-order valence-electron chi connectivity index (χ2n) is 4.27. The number of hydrogen-bond donors (Lipinski definition) is 0. The van der Waals surface area contributed by atoms with Crippen molar-refractivity contribution >= 4 is 6.09 Å². The van der Waals surface area contributed by atoms with Crippen LogP contribution in [-0.2, 0) is 11.3 Å². The lowest BCUT2D eigenvalue weighted by atomic mass is 10.1. The predicted octanol–water partition coefficient (Wildman–Crippen LogP) is 2.83. The molecule has 17 heavy (non-hydrogen) atoms. The van der Waals surface area contributed by atoms with Crippen LogP contribution in [0.3, 0.4) is 0 Å². The van der Waals surface area contributed by atoms with E-state index >= 15 is 0 Å². The zero-order valence-electron chi connectivity index (χ0n) is 9.84. The summed E-state index contributed by atoms with van der Waals surface area (Å²) in [6.45, 7) is 5.59. The normalized spacial score (nSPS) is 19.1. The second-order valence-corrected chi connectivity index (χ2v) is 4.27. The van der Waals surface area contributed by atoms with Crippen LogP contribution in [0.1, 0.15) is 12.0 Å². The first-order chi connectivity index (χ1) is 8.29. The first-order valence-corrected chi connectivity index (χ1v) is 5.88. The number of benzene rings is 1. The summed E-state index contributed by atoms with van der Waals surface area (Å²) < 4.78 is 5.26. The molecule has 1 aliphatic heterocycles. The van der Waals surface area contributed by atoms with Crippen LogP contribution < -0.4 is 0 Å². The number of likely N-dealkylation sites (tertiary alicyclic amines) is 1. The average molecular weight is 231 g/mol. The van der Waals surface area contributed by atoms with Crippen molar-refractivity contribution in [2.75, 3.05) is 13.1 Å². The van der Waals surface area contributed by atoms with E-state index in [9.17, 15) is 4.79 Å². The summed E-state index contributed by atoms with van der Waals surface area (Å²) in [6.07, 6.45) is 2.67. The molecular formula is C14H17NO2. The molecule has 1 atom stereocenters. The Labute approximate surface area is 102 Å². The van der Waals surface area contributed by atoms with Crippen LogP contribution >= 0.6 is 0 Å². The van der Waals surface area contributed by atoms with Gasteiger partial charge in [0.25, 0.3) is 0 Å². The molecule has 0 radical (unpaired) electrons. The molecule has 0 aromatic heterocycles. The average Bonchev–Trinajstić information content (AvgIpc) is 2.86. The molecule has 3 heteroatoms. The van der Waals surface area contributed by atoms with Crippen molar-refractivity contribution < 1.29 is 9.53 Å². The van der Waals surface area contributed by atoms with Gasteiger partial charge in [-0.05, 0) is 17.9 Å². The van der Waals surface area contributed by atoms with Crippen molar-refractivity contribution in [3.05, 3.63) is 48.6 Å². The van der Waals surface area contributed by atoms with Crippen molar-refractivity contribution in [3.8, 4) is 0 Å². The lowest BCUT2D eigenvalue weighted by Crippen LogP contribution is -2.29. The molecule has 0 saturated carbocycles. The summed E-state index contributed by atoms with van der Waals surface area (Å²) in [7, 11) is 0. The van der Waals surface area contributed by atoms with E-state index in [1.807, 2.05) is 36.4 Å². The van der Waals surface area contributed by atoms with Gasteiger partial charge in [0, 0.05) is 13.1 Å². The molecule has 1 aromatic carbocycles. The Morgan fingerprint density at radius 3 is 2.88 bits per heavy atom. The van der Waals surface area contributed by atoms with Gasteiger partial charge in [-0.15, -0.1) is 6.58 Å². The van der Waals surface area contributed by atoms with Gasteiger partial charge in [0.2, 0.25) is 0 Å². The Morgan fingerprint density at radius 1 is 1.47 bits per heavy atom. The molecule has 1 aromatic rings. The minimum absolute atomic E-state index is 0.224. The van der Waals surface area contributed by atoms with Crippen LogP contribution in [0.15, 0.2) is 43.0 Å². The van der Waals surface area contributed by atoms with Gasteiger partial charge in [-0.3, -0.25) is 0 Å². The molecule has 2 rings (SSSR count). The number of carbonyl (C=O) groups is 1. The molecular weight excluding hydrogens is 214 g/mol. The number of rotatable bonds is 3. The lowest BCUT2D eigenvalue weighted by Gasteiger charge is -2.15. The van der Waals surface area contributed by atoms with Crippen molar-refractivity contribution in [1.82, 2.24) is 4.90 Å². The molecule has 3 nitrogen and oxygen atoms in total. The van der Waals surface area contributed by atoms with Gasteiger partial charge in [0.1, 0.15) is 6.61 Å². The fourth-order valence-corrected chi connectivity index (χ4v) is 1.96. The van der Waals surface area contributed by atoms with Crippen LogP contribution in [0.2, 0.25) is 0 Å². The van der Waals surface area contributed by atoms with E-state index in [0.29, 0.717) is 12.5 Å². The van der Waals surface area contributed by atoms with Crippen LogP contribution in [0.4, 0.5) is 4.79 Å². The quantitative estimate of drug-likeness (QED) is 0.749. The smallest absolute Gasteiger partial charge is 0.410 e. The minimum atomic E-state index is -0.224. The maximum Gasteiger partial charge on any atom is 0.410 e. The molecule has 90 valence electrons. The van der Waals surface area contributed by atoms with Gasteiger partial charge in [-0.2, -0.15) is 0 Å². The third kappa shape index (κ3) is 3.09. The first kappa shape index (κ1) is 11.7. The van der Waals surface area contributed by atoms with E-state index in [1.165, 1.54) is 0 Å². The van der Waals surface area contributed by atoms with E-state index in [1.54, 1.807) is 4.90 Å². The van der Waals surface area contributed by atoms with Gasteiger partial charge in [0.15, 0.2) is 0 Å². The van der Waals surface area contributed by atoms with E-state index in [4.69, 9.17) is 4.74 Å². The maximum absolute atomic E-state index is 11.7. The van der Waals surface area contributed by atoms with Crippen LogP contribution in [0.5, 0.6) is 0 Å². The Kier molecular flexibility index (Phi) is 3.81. The number of hydrogen-bond acceptors (Lipinski definition) is 2. The number of carbonyl (C=O) groups excluding carboxylic acids is 1. The molecule has 0 aliphatic carbocycles. The third-order valence-electron chi connectivity index (χ3n) is 3.02. The first-order valence-electron chi connectivity index (χ1n) is 5.88. The lowest BCUT2D eigenvalue weighted by molar-refractivity contribution is 0.103. The molecule has 0 N–H and O–H groups in total. The summed E-state index contributed by atoms with van der Waals surface area (Å²) >= 11 is 0. The van der Waals surface area contributed by atoms with Crippen LogP contribution in [0, 0.1) is 5.92 Å². The highest BCUT2D eigenvalue weighted by Gasteiger charge is 2.25. The van der Waals surface area contributed by atoms with Gasteiger partial charge < -0.3 is 9.64 Å². The van der Waals surface area contributed by atoms with E-state index in [2.05, 4.69) is 6.58 Å². The topological polar surface area (TPSA) is 29.5 Å². The SMILES string of the molecule is C=C[C@@H]1CCN(C(=O)OCc2ccccc2)C1. The highest BCUT2D eigenvalue weighted by molar-refractivity contribution is 5.68. The zero-order valence-corrected chi connectivity index (χ0v) is 9.84. The Morgan fingerprint density at radius 2 is 2.24 bits per heavy atom. The second kappa shape index (κ2) is 5.53. The Balaban J connectivity index is 1.80. The molecule has 1 fully saturated rings. The molecule has 0 bridgehead atoms. The summed E-state index contributed by atoms with van der Waals surface area (Å²) in [5.74, 6) is 0.416. The van der Waals surface area contributed by atoms with Gasteiger partial charge in [-0.25, -0.2) is 4.79 Å². The number of ether oxygens (including phenoxy) is 1. The molecule has 1 amide bonds. The number of amides is 1. The highest BCUT2D eigenvalue weighted by Crippen LogP contribution is 2.17. The molecule has 1 heterocycles. The largest absolute Gasteiger partial charge is 0.445 e. The van der Waals surface area contributed by atoms with Gasteiger partial charge in [-0.1, -0.05) is 36.4 Å². The minimum Gasteiger partial charge on any atom is -0.445 e. The maximum atomic E-state index is 11.7. The fraction of sp³-hybridized carbons (Fsp3) is 0.357. The summed E-state index contributed by atoms with van der Waals surface area (Å²) in [5, 5.41) is 0. The molecule has 1 saturated heterocycles. The monoisotopic (exact) mass is 231 g/mol. The van der Waals surface area contributed by atoms with Gasteiger partial charge in [0.05, 0.1) is 0 Å². The van der Waals surface area contributed by atoms with E-state index < -0.39 is 0 Å². The van der Waals surface area contributed by atoms with Gasteiger partial charge >= 0.3 is 6.09 Å². The number of nitrogens with zero attached hydrogens (tertiary/aromatic N) is 1. The Bertz CT molecular complexity index is 388. The standard InChI is InChI=1S/C14H17NO2/c1-2-12-8-9-15(10-12)14(16)17-11-13-6-4-3-5-7-13/h2-7,12H,1,8-11H2/t12-/m1/s1. The zero-order chi connectivity index (χ0) is 12.1. The molecule has 1 aliphatic rings. The van der Waals surface area contributed by atoms with Crippen LogP contribution in [0.25, 0.3) is 0 Å². The highest BCUT2D eigenvalue weighted by atomic mass is 16.6. The fourth-order valence-electron chi connectivity index (χ4n) is 1.96. The van der Waals surface area contributed by atoms with Crippen molar-refractivity contribution in [2.45, 2.75) is 13.0 Å². The van der Waals surface area contributed by atoms with Crippen LogP contribution in [-0.4, -0.2) is 24.1 Å². The summed E-state index contributed by atoms with van der Waals surface area (Å²) in [5.41, 5.74) is 1.01. The van der Waals surface area contributed by atoms with Crippen molar-refractivity contribution in [1.29, 1.82) is 0 Å². The van der Waals surface area contributed by atoms with E-state index in [-0.39, 0.29) is 6.09 Å². The summed E-state index contributed by atoms with van der Waals surface area (Å²) in [6, 6.07) is 9.72. The van der Waals surface area contributed by atoms with Crippen molar-refractivity contribution in [2.24, 2.45) is 5.92 Å². The molecule has 0 spiro atoms. The third-order valence-corrected chi connectivity index (χ3v) is 3.02. The summed E-state index contributed by atoms with van der Waals surface area (Å²) in [4.78, 5) is 13.5. The van der Waals surface area contributed by atoms with Crippen molar-refractivity contribution in [3.63, 3.8) is 0 Å².